The lowest BCUT2D eigenvalue weighted by Crippen LogP contribution is -2.42. The summed E-state index contributed by atoms with van der Waals surface area (Å²) in [6, 6.07) is 14.7. The van der Waals surface area contributed by atoms with Crippen LogP contribution in [0.3, 0.4) is 0 Å². The van der Waals surface area contributed by atoms with E-state index in [0.717, 1.165) is 30.6 Å². The SMILES string of the molecule is CCc1ccc(C2/C(=C(/O)c3ccc(C)cc3)C(=O)C(=O)N2CCN2CCOCC2)cc1. The van der Waals surface area contributed by atoms with Crippen molar-refractivity contribution in [2.24, 2.45) is 0 Å². The number of hydrogen-bond acceptors (Lipinski definition) is 5. The number of morpholine rings is 1. The van der Waals surface area contributed by atoms with E-state index in [2.05, 4.69) is 11.8 Å². The van der Waals surface area contributed by atoms with E-state index in [9.17, 15) is 14.7 Å². The molecule has 2 aromatic rings. The van der Waals surface area contributed by atoms with Crippen LogP contribution in [-0.4, -0.2) is 66.0 Å². The van der Waals surface area contributed by atoms with Gasteiger partial charge in [-0.2, -0.15) is 0 Å². The fourth-order valence-electron chi connectivity index (χ4n) is 4.33. The third-order valence-corrected chi connectivity index (χ3v) is 6.33. The number of ketones is 1. The molecular formula is C26H30N2O4. The Labute approximate surface area is 189 Å². The van der Waals surface area contributed by atoms with Crippen LogP contribution in [0.5, 0.6) is 0 Å². The molecule has 1 unspecified atom stereocenters. The van der Waals surface area contributed by atoms with E-state index in [-0.39, 0.29) is 11.3 Å². The molecule has 32 heavy (non-hydrogen) atoms. The molecule has 0 aromatic heterocycles. The summed E-state index contributed by atoms with van der Waals surface area (Å²) in [5.41, 5.74) is 3.76. The predicted molar refractivity (Wildman–Crippen MR) is 123 cm³/mol. The minimum Gasteiger partial charge on any atom is -0.507 e. The van der Waals surface area contributed by atoms with Gasteiger partial charge in [-0.25, -0.2) is 0 Å². The zero-order valence-electron chi connectivity index (χ0n) is 18.7. The Morgan fingerprint density at radius 2 is 1.66 bits per heavy atom. The Bertz CT molecular complexity index is 1010. The number of ether oxygens (including phenoxy) is 1. The van der Waals surface area contributed by atoms with Crippen molar-refractivity contribution in [1.82, 2.24) is 9.80 Å². The lowest BCUT2D eigenvalue weighted by Gasteiger charge is -2.31. The summed E-state index contributed by atoms with van der Waals surface area (Å²) >= 11 is 0. The number of carbonyl (C=O) groups excluding carboxylic acids is 2. The highest BCUT2D eigenvalue weighted by molar-refractivity contribution is 6.46. The molecule has 2 heterocycles. The third kappa shape index (κ3) is 4.47. The molecule has 1 N–H and O–H groups in total. The zero-order valence-corrected chi connectivity index (χ0v) is 18.7. The Kier molecular flexibility index (Phi) is 6.72. The summed E-state index contributed by atoms with van der Waals surface area (Å²) in [7, 11) is 0. The summed E-state index contributed by atoms with van der Waals surface area (Å²) in [5, 5.41) is 11.1. The first-order chi connectivity index (χ1) is 15.5. The maximum absolute atomic E-state index is 13.1. The second-order valence-corrected chi connectivity index (χ2v) is 8.41. The molecule has 2 saturated heterocycles. The summed E-state index contributed by atoms with van der Waals surface area (Å²) in [6.45, 7) is 8.08. The maximum atomic E-state index is 13.1. The number of benzene rings is 2. The number of Topliss-reactive ketones (excluding diaryl/α,β-unsaturated/α-hetero) is 1. The summed E-state index contributed by atoms with van der Waals surface area (Å²) in [6.07, 6.45) is 0.904. The van der Waals surface area contributed by atoms with Crippen molar-refractivity contribution in [2.45, 2.75) is 26.3 Å². The maximum Gasteiger partial charge on any atom is 0.295 e. The predicted octanol–water partition coefficient (Wildman–Crippen LogP) is 3.31. The Morgan fingerprint density at radius 1 is 1.00 bits per heavy atom. The zero-order chi connectivity index (χ0) is 22.7. The normalized spacial score (nSPS) is 21.3. The van der Waals surface area contributed by atoms with Gasteiger partial charge in [-0.3, -0.25) is 14.5 Å². The van der Waals surface area contributed by atoms with E-state index in [1.54, 1.807) is 17.0 Å². The van der Waals surface area contributed by atoms with Gasteiger partial charge in [0.25, 0.3) is 11.7 Å². The van der Waals surface area contributed by atoms with Crippen LogP contribution in [0.2, 0.25) is 0 Å². The van der Waals surface area contributed by atoms with Crippen LogP contribution in [0.15, 0.2) is 54.1 Å². The van der Waals surface area contributed by atoms with Crippen LogP contribution < -0.4 is 0 Å². The number of amides is 1. The topological polar surface area (TPSA) is 70.1 Å². The minimum atomic E-state index is -0.630. The first kappa shape index (κ1) is 22.2. The highest BCUT2D eigenvalue weighted by Crippen LogP contribution is 2.39. The van der Waals surface area contributed by atoms with Gasteiger partial charge >= 0.3 is 0 Å². The molecule has 6 nitrogen and oxygen atoms in total. The van der Waals surface area contributed by atoms with E-state index in [4.69, 9.17) is 4.74 Å². The third-order valence-electron chi connectivity index (χ3n) is 6.33. The standard InChI is InChI=1S/C26H30N2O4/c1-3-19-6-10-20(11-7-19)23-22(24(29)21-8-4-18(2)5-9-21)25(30)26(31)28(23)13-12-27-14-16-32-17-15-27/h4-11,23,29H,3,12-17H2,1-2H3/b24-22-. The molecule has 1 atom stereocenters. The van der Waals surface area contributed by atoms with Crippen molar-refractivity contribution in [2.75, 3.05) is 39.4 Å². The van der Waals surface area contributed by atoms with Crippen LogP contribution in [0.4, 0.5) is 0 Å². The van der Waals surface area contributed by atoms with Crippen LogP contribution in [0, 0.1) is 6.92 Å². The van der Waals surface area contributed by atoms with Gasteiger partial charge in [0.1, 0.15) is 5.76 Å². The quantitative estimate of drug-likeness (QED) is 0.429. The fraction of sp³-hybridized carbons (Fsp3) is 0.385. The van der Waals surface area contributed by atoms with Crippen molar-refractivity contribution < 1.29 is 19.4 Å². The van der Waals surface area contributed by atoms with Gasteiger partial charge in [0.15, 0.2) is 0 Å². The van der Waals surface area contributed by atoms with Crippen LogP contribution in [0.1, 0.15) is 35.2 Å². The molecule has 0 bridgehead atoms. The number of aryl methyl sites for hydroxylation is 2. The molecule has 168 valence electrons. The molecule has 2 aliphatic rings. The van der Waals surface area contributed by atoms with E-state index in [1.807, 2.05) is 43.3 Å². The van der Waals surface area contributed by atoms with E-state index in [1.165, 1.54) is 5.56 Å². The lowest BCUT2D eigenvalue weighted by atomic mass is 9.94. The van der Waals surface area contributed by atoms with Gasteiger partial charge in [-0.05, 0) is 24.5 Å². The second-order valence-electron chi connectivity index (χ2n) is 8.41. The summed E-state index contributed by atoms with van der Waals surface area (Å²) in [5.74, 6) is -1.31. The van der Waals surface area contributed by atoms with Gasteiger partial charge in [-0.15, -0.1) is 0 Å². The molecule has 2 aliphatic heterocycles. The van der Waals surface area contributed by atoms with Crippen LogP contribution in [-0.2, 0) is 20.7 Å². The Balaban J connectivity index is 1.72. The minimum absolute atomic E-state index is 0.123. The number of aliphatic hydroxyl groups is 1. The van der Waals surface area contributed by atoms with E-state index < -0.39 is 17.7 Å². The molecule has 0 saturated carbocycles. The van der Waals surface area contributed by atoms with Gasteiger partial charge in [0, 0.05) is 31.7 Å². The number of likely N-dealkylation sites (tertiary alicyclic amines) is 1. The van der Waals surface area contributed by atoms with E-state index >= 15 is 0 Å². The van der Waals surface area contributed by atoms with Gasteiger partial charge in [0.2, 0.25) is 0 Å². The molecule has 0 spiro atoms. The van der Waals surface area contributed by atoms with Gasteiger partial charge in [-0.1, -0.05) is 61.0 Å². The average Bonchev–Trinajstić information content (AvgIpc) is 3.08. The average molecular weight is 435 g/mol. The summed E-state index contributed by atoms with van der Waals surface area (Å²) in [4.78, 5) is 30.0. The molecule has 2 aromatic carbocycles. The molecule has 0 radical (unpaired) electrons. The molecular weight excluding hydrogens is 404 g/mol. The largest absolute Gasteiger partial charge is 0.507 e. The van der Waals surface area contributed by atoms with Crippen molar-refractivity contribution in [1.29, 1.82) is 0 Å². The van der Waals surface area contributed by atoms with Crippen LogP contribution in [0.25, 0.3) is 5.76 Å². The lowest BCUT2D eigenvalue weighted by molar-refractivity contribution is -0.140. The number of aliphatic hydroxyl groups excluding tert-OH is 1. The first-order valence-corrected chi connectivity index (χ1v) is 11.2. The monoisotopic (exact) mass is 434 g/mol. The fourth-order valence-corrected chi connectivity index (χ4v) is 4.33. The molecule has 1 amide bonds. The smallest absolute Gasteiger partial charge is 0.295 e. The second kappa shape index (κ2) is 9.67. The van der Waals surface area contributed by atoms with Crippen LogP contribution >= 0.6 is 0 Å². The molecule has 4 rings (SSSR count). The highest BCUT2D eigenvalue weighted by atomic mass is 16.5. The van der Waals surface area contributed by atoms with E-state index in [0.29, 0.717) is 31.9 Å². The van der Waals surface area contributed by atoms with Gasteiger partial charge < -0.3 is 14.7 Å². The van der Waals surface area contributed by atoms with Crippen molar-refractivity contribution in [3.8, 4) is 0 Å². The van der Waals surface area contributed by atoms with Crippen molar-refractivity contribution in [3.63, 3.8) is 0 Å². The number of carbonyl (C=O) groups is 2. The Hall–Kier alpha value is -2.96. The van der Waals surface area contributed by atoms with Crippen molar-refractivity contribution in [3.05, 3.63) is 76.4 Å². The van der Waals surface area contributed by atoms with Crippen molar-refractivity contribution >= 4 is 17.4 Å². The molecule has 6 heteroatoms. The summed E-state index contributed by atoms with van der Waals surface area (Å²) < 4.78 is 5.41. The molecule has 2 fully saturated rings. The Morgan fingerprint density at radius 3 is 2.28 bits per heavy atom. The first-order valence-electron chi connectivity index (χ1n) is 11.2. The number of hydrogen-bond donors (Lipinski definition) is 1. The van der Waals surface area contributed by atoms with Gasteiger partial charge in [0.05, 0.1) is 24.8 Å². The number of nitrogens with zero attached hydrogens (tertiary/aromatic N) is 2. The highest BCUT2D eigenvalue weighted by Gasteiger charge is 2.46. The molecule has 0 aliphatic carbocycles. The number of rotatable bonds is 6.